The van der Waals surface area contributed by atoms with Gasteiger partial charge in [0.1, 0.15) is 4.90 Å². The van der Waals surface area contributed by atoms with Crippen LogP contribution in [0.5, 0.6) is 0 Å². The number of rotatable bonds is 4. The summed E-state index contributed by atoms with van der Waals surface area (Å²) in [6, 6.07) is 0. The summed E-state index contributed by atoms with van der Waals surface area (Å²) in [5.74, 6) is 0. The highest BCUT2D eigenvalue weighted by Gasteiger charge is 2.40. The van der Waals surface area contributed by atoms with E-state index in [-0.39, 0.29) is 5.41 Å². The van der Waals surface area contributed by atoms with Crippen LogP contribution in [-0.2, 0) is 16.6 Å². The average Bonchev–Trinajstić information content (AvgIpc) is 2.92. The van der Waals surface area contributed by atoms with Crippen LogP contribution in [0.2, 0.25) is 0 Å². The predicted octanol–water partition coefficient (Wildman–Crippen LogP) is 0.879. The summed E-state index contributed by atoms with van der Waals surface area (Å²) in [5.41, 5.74) is 6.93. The molecule has 1 aliphatic heterocycles. The van der Waals surface area contributed by atoms with Gasteiger partial charge in [-0.1, -0.05) is 6.92 Å². The molecule has 2 N–H and O–H groups in total. The van der Waals surface area contributed by atoms with Crippen LogP contribution in [0.25, 0.3) is 0 Å². The van der Waals surface area contributed by atoms with Crippen LogP contribution in [0, 0.1) is 19.3 Å². The summed E-state index contributed by atoms with van der Waals surface area (Å²) in [6.07, 6.45) is 0.808. The molecule has 2 heterocycles. The second kappa shape index (κ2) is 5.13. The molecule has 114 valence electrons. The van der Waals surface area contributed by atoms with Crippen molar-refractivity contribution < 1.29 is 8.42 Å². The van der Waals surface area contributed by atoms with Crippen LogP contribution in [-0.4, -0.2) is 42.1 Å². The molecule has 1 aromatic rings. The summed E-state index contributed by atoms with van der Waals surface area (Å²) in [5, 5.41) is 4.31. The van der Waals surface area contributed by atoms with Crippen molar-refractivity contribution in [2.24, 2.45) is 11.1 Å². The van der Waals surface area contributed by atoms with Crippen molar-refractivity contribution in [3.05, 3.63) is 11.4 Å². The number of sulfonamides is 1. The zero-order valence-corrected chi connectivity index (χ0v) is 13.5. The van der Waals surface area contributed by atoms with E-state index >= 15 is 0 Å². The fourth-order valence-corrected chi connectivity index (χ4v) is 4.81. The molecule has 1 aliphatic rings. The van der Waals surface area contributed by atoms with Crippen molar-refractivity contribution in [1.29, 1.82) is 0 Å². The largest absolute Gasteiger partial charge is 0.330 e. The SMILES string of the molecule is CCn1nc(C)c(S(=O)(=O)N2CCC(C)(CN)C2)c1C. The maximum atomic E-state index is 12.8. The minimum atomic E-state index is -3.48. The third kappa shape index (κ3) is 2.38. The van der Waals surface area contributed by atoms with Crippen molar-refractivity contribution in [2.45, 2.75) is 45.6 Å². The van der Waals surface area contributed by atoms with Crippen LogP contribution >= 0.6 is 0 Å². The maximum Gasteiger partial charge on any atom is 0.246 e. The third-order valence-corrected chi connectivity index (χ3v) is 6.33. The predicted molar refractivity (Wildman–Crippen MR) is 77.9 cm³/mol. The minimum Gasteiger partial charge on any atom is -0.330 e. The smallest absolute Gasteiger partial charge is 0.246 e. The molecular formula is C13H24N4O2S. The number of aromatic nitrogens is 2. The molecule has 0 aromatic carbocycles. The van der Waals surface area contributed by atoms with Gasteiger partial charge < -0.3 is 5.73 Å². The topological polar surface area (TPSA) is 81.2 Å². The van der Waals surface area contributed by atoms with E-state index in [1.54, 1.807) is 15.9 Å². The highest BCUT2D eigenvalue weighted by atomic mass is 32.2. The summed E-state index contributed by atoms with van der Waals surface area (Å²) in [6.45, 7) is 9.76. The van der Waals surface area contributed by atoms with Crippen molar-refractivity contribution >= 4 is 10.0 Å². The molecular weight excluding hydrogens is 276 g/mol. The van der Waals surface area contributed by atoms with Crippen molar-refractivity contribution in [2.75, 3.05) is 19.6 Å². The Balaban J connectivity index is 2.40. The Hall–Kier alpha value is -0.920. The molecule has 6 nitrogen and oxygen atoms in total. The maximum absolute atomic E-state index is 12.8. The van der Waals surface area contributed by atoms with Crippen molar-refractivity contribution in [3.63, 3.8) is 0 Å². The van der Waals surface area contributed by atoms with Crippen LogP contribution in [0.15, 0.2) is 4.90 Å². The molecule has 1 unspecified atom stereocenters. The van der Waals surface area contributed by atoms with E-state index in [2.05, 4.69) is 5.10 Å². The number of nitrogens with two attached hydrogens (primary N) is 1. The van der Waals surface area contributed by atoms with Gasteiger partial charge in [-0.05, 0) is 39.2 Å². The number of hydrogen-bond donors (Lipinski definition) is 1. The number of aryl methyl sites for hydroxylation is 2. The summed E-state index contributed by atoms with van der Waals surface area (Å²) < 4.78 is 29.0. The monoisotopic (exact) mass is 300 g/mol. The molecule has 0 aliphatic carbocycles. The zero-order chi connectivity index (χ0) is 15.1. The van der Waals surface area contributed by atoms with E-state index in [4.69, 9.17) is 5.73 Å². The molecule has 0 saturated carbocycles. The molecule has 0 radical (unpaired) electrons. The quantitative estimate of drug-likeness (QED) is 0.895. The molecule has 0 spiro atoms. The first-order chi connectivity index (χ1) is 9.25. The third-order valence-electron chi connectivity index (χ3n) is 4.23. The van der Waals surface area contributed by atoms with Crippen LogP contribution in [0.3, 0.4) is 0 Å². The molecule has 20 heavy (non-hydrogen) atoms. The molecule has 7 heteroatoms. The van der Waals surface area contributed by atoms with Gasteiger partial charge >= 0.3 is 0 Å². The Kier molecular flexibility index (Phi) is 3.96. The van der Waals surface area contributed by atoms with E-state index in [0.717, 1.165) is 6.42 Å². The van der Waals surface area contributed by atoms with Gasteiger partial charge in [0.05, 0.1) is 11.4 Å². The van der Waals surface area contributed by atoms with Crippen LogP contribution < -0.4 is 5.73 Å². The lowest BCUT2D eigenvalue weighted by molar-refractivity contribution is 0.349. The fourth-order valence-electron chi connectivity index (χ4n) is 2.84. The minimum absolute atomic E-state index is 0.115. The van der Waals surface area contributed by atoms with E-state index in [1.165, 1.54) is 0 Å². The first kappa shape index (κ1) is 15.5. The van der Waals surface area contributed by atoms with Gasteiger partial charge in [0, 0.05) is 19.6 Å². The Morgan fingerprint density at radius 2 is 2.05 bits per heavy atom. The second-order valence-electron chi connectivity index (χ2n) is 5.92. The highest BCUT2D eigenvalue weighted by molar-refractivity contribution is 7.89. The molecule has 1 fully saturated rings. The van der Waals surface area contributed by atoms with E-state index < -0.39 is 10.0 Å². The van der Waals surface area contributed by atoms with Gasteiger partial charge in [0.25, 0.3) is 0 Å². The number of nitrogens with zero attached hydrogens (tertiary/aromatic N) is 3. The Bertz CT molecular complexity index is 608. The van der Waals surface area contributed by atoms with Gasteiger partial charge in [-0.2, -0.15) is 9.40 Å². The molecule has 0 amide bonds. The fraction of sp³-hybridized carbons (Fsp3) is 0.769. The first-order valence-electron chi connectivity index (χ1n) is 6.99. The van der Waals surface area contributed by atoms with Gasteiger partial charge in [0.15, 0.2) is 0 Å². The lowest BCUT2D eigenvalue weighted by atomic mass is 9.90. The number of hydrogen-bond acceptors (Lipinski definition) is 4. The van der Waals surface area contributed by atoms with Crippen molar-refractivity contribution in [3.8, 4) is 0 Å². The average molecular weight is 300 g/mol. The zero-order valence-electron chi connectivity index (χ0n) is 12.7. The van der Waals surface area contributed by atoms with Gasteiger partial charge in [-0.3, -0.25) is 4.68 Å². The van der Waals surface area contributed by atoms with Gasteiger partial charge in [0.2, 0.25) is 10.0 Å². The van der Waals surface area contributed by atoms with E-state index in [0.29, 0.717) is 42.5 Å². The standard InChI is InChI=1S/C13H24N4O2S/c1-5-17-11(3)12(10(2)15-17)20(18,19)16-7-6-13(4,8-14)9-16/h5-9,14H2,1-4H3. The summed E-state index contributed by atoms with van der Waals surface area (Å²) in [4.78, 5) is 0.362. The van der Waals surface area contributed by atoms with E-state index in [9.17, 15) is 8.42 Å². The Labute approximate surface area is 121 Å². The van der Waals surface area contributed by atoms with Crippen LogP contribution in [0.4, 0.5) is 0 Å². The van der Waals surface area contributed by atoms with Crippen LogP contribution in [0.1, 0.15) is 31.7 Å². The first-order valence-corrected chi connectivity index (χ1v) is 8.43. The highest BCUT2D eigenvalue weighted by Crippen LogP contribution is 2.34. The van der Waals surface area contributed by atoms with E-state index in [1.807, 2.05) is 20.8 Å². The van der Waals surface area contributed by atoms with Gasteiger partial charge in [-0.15, -0.1) is 0 Å². The molecule has 1 atom stereocenters. The lowest BCUT2D eigenvalue weighted by Crippen LogP contribution is -2.34. The molecule has 1 saturated heterocycles. The van der Waals surface area contributed by atoms with Gasteiger partial charge in [-0.25, -0.2) is 8.42 Å². The molecule has 2 rings (SSSR count). The second-order valence-corrected chi connectivity index (χ2v) is 7.79. The molecule has 1 aromatic heterocycles. The summed E-state index contributed by atoms with van der Waals surface area (Å²) in [7, 11) is -3.48. The molecule has 0 bridgehead atoms. The normalized spacial score (nSPS) is 24.4. The Morgan fingerprint density at radius 3 is 2.50 bits per heavy atom. The lowest BCUT2D eigenvalue weighted by Gasteiger charge is -2.22. The summed E-state index contributed by atoms with van der Waals surface area (Å²) >= 11 is 0. The Morgan fingerprint density at radius 1 is 1.40 bits per heavy atom. The van der Waals surface area contributed by atoms with Crippen molar-refractivity contribution in [1.82, 2.24) is 14.1 Å².